The van der Waals surface area contributed by atoms with Gasteiger partial charge in [-0.05, 0) is 102 Å². The Bertz CT molecular complexity index is 3110. The molecule has 6 heterocycles. The van der Waals surface area contributed by atoms with E-state index in [2.05, 4.69) is 68.8 Å². The van der Waals surface area contributed by atoms with E-state index >= 15 is 0 Å². The van der Waals surface area contributed by atoms with Gasteiger partial charge < -0.3 is 29.7 Å². The van der Waals surface area contributed by atoms with Crippen LogP contribution in [0, 0.1) is 5.92 Å². The highest BCUT2D eigenvalue weighted by molar-refractivity contribution is 9.10. The maximum Gasteiger partial charge on any atom is 0.262 e. The van der Waals surface area contributed by atoms with E-state index in [9.17, 15) is 23.7 Å². The number of piperazine rings is 1. The van der Waals surface area contributed by atoms with Crippen LogP contribution in [0.15, 0.2) is 102 Å². The second kappa shape index (κ2) is 19.7. The summed E-state index contributed by atoms with van der Waals surface area (Å²) in [7, 11) is 0.852. The Morgan fingerprint density at radius 3 is 2.24 bits per heavy atom. The highest BCUT2D eigenvalue weighted by Gasteiger charge is 2.45. The lowest BCUT2D eigenvalue weighted by Crippen LogP contribution is -2.54. The van der Waals surface area contributed by atoms with Gasteiger partial charge in [0.05, 0.1) is 40.3 Å². The summed E-state index contributed by atoms with van der Waals surface area (Å²) in [6.07, 6.45) is 7.81. The minimum absolute atomic E-state index is 0.0823. The summed E-state index contributed by atoms with van der Waals surface area (Å²) in [5, 5.41) is 14.4. The fourth-order valence-electron chi connectivity index (χ4n) is 10.1. The number of piperidine rings is 2. The van der Waals surface area contributed by atoms with Crippen molar-refractivity contribution in [3.05, 3.63) is 113 Å². The van der Waals surface area contributed by atoms with Crippen molar-refractivity contribution in [2.24, 2.45) is 13.0 Å². The first-order valence-corrected chi connectivity index (χ1v) is 27.2. The van der Waals surface area contributed by atoms with Gasteiger partial charge in [0.25, 0.3) is 11.8 Å². The summed E-state index contributed by atoms with van der Waals surface area (Å²) in [6, 6.07) is 24.5. The summed E-state index contributed by atoms with van der Waals surface area (Å²) in [4.78, 5) is 68.7. The van der Waals surface area contributed by atoms with Crippen LogP contribution in [0.3, 0.4) is 0 Å². The quantitative estimate of drug-likeness (QED) is 0.0763. The molecule has 1 unspecified atom stereocenters. The van der Waals surface area contributed by atoms with Gasteiger partial charge in [-0.3, -0.25) is 39.0 Å². The van der Waals surface area contributed by atoms with Crippen molar-refractivity contribution in [2.75, 3.05) is 86.7 Å². The molecule has 0 saturated carbocycles. The number of anilines is 6. The number of rotatable bonds is 13. The molecule has 19 heteroatoms. The van der Waals surface area contributed by atoms with Crippen LogP contribution in [0.4, 0.5) is 34.5 Å². The summed E-state index contributed by atoms with van der Waals surface area (Å²) >= 11 is 3.63. The maximum absolute atomic E-state index is 13.7. The number of hydrogen-bond acceptors (Lipinski definition) is 14. The number of halogens is 1. The molecule has 0 radical (unpaired) electrons. The molecule has 4 amide bonds. The molecule has 3 N–H and O–H groups in total. The first-order chi connectivity index (χ1) is 34.2. The van der Waals surface area contributed by atoms with Gasteiger partial charge in [-0.15, -0.1) is 0 Å². The molecule has 3 fully saturated rings. The van der Waals surface area contributed by atoms with E-state index in [1.807, 2.05) is 74.0 Å². The molecule has 6 aromatic rings. The third-order valence-corrected chi connectivity index (χ3v) is 16.0. The number of ether oxygens (including phenoxy) is 1. The van der Waals surface area contributed by atoms with Gasteiger partial charge in [0, 0.05) is 106 Å². The highest BCUT2D eigenvalue weighted by Crippen LogP contribution is 2.43. The lowest BCUT2D eigenvalue weighted by Gasteiger charge is -2.40. The fourth-order valence-corrected chi connectivity index (χ4v) is 11.6. The number of aryl methyl sites for hydroxylation is 1. The van der Waals surface area contributed by atoms with Crippen molar-refractivity contribution < 1.29 is 28.5 Å². The molecule has 0 bridgehead atoms. The van der Waals surface area contributed by atoms with Crippen LogP contribution >= 0.6 is 23.1 Å². The summed E-state index contributed by atoms with van der Waals surface area (Å²) in [5.41, 5.74) is 7.88. The Kier molecular flexibility index (Phi) is 13.3. The predicted molar refractivity (Wildman–Crippen MR) is 279 cm³/mol. The largest absolute Gasteiger partial charge is 0.494 e. The molecule has 71 heavy (non-hydrogen) atoms. The average Bonchev–Trinajstić information content (AvgIpc) is 3.91. The molecule has 0 spiro atoms. The molecule has 4 aromatic carbocycles. The van der Waals surface area contributed by atoms with Crippen molar-refractivity contribution in [1.82, 2.24) is 34.9 Å². The van der Waals surface area contributed by atoms with Crippen molar-refractivity contribution in [1.29, 1.82) is 0 Å². The van der Waals surface area contributed by atoms with Crippen molar-refractivity contribution in [3.63, 3.8) is 0 Å². The van der Waals surface area contributed by atoms with Gasteiger partial charge in [0.15, 0.2) is 0 Å². The van der Waals surface area contributed by atoms with Crippen LogP contribution in [0.5, 0.6) is 5.75 Å². The lowest BCUT2D eigenvalue weighted by molar-refractivity contribution is -0.136. The zero-order chi connectivity index (χ0) is 49.6. The molecule has 4 aliphatic rings. The van der Waals surface area contributed by atoms with E-state index in [-0.39, 0.29) is 18.4 Å². The van der Waals surface area contributed by atoms with E-state index in [1.54, 1.807) is 43.5 Å². The van der Waals surface area contributed by atoms with Gasteiger partial charge >= 0.3 is 0 Å². The number of nitrogens with zero attached hydrogens (tertiary/aromatic N) is 8. The number of nitrogens with one attached hydrogen (secondary N) is 3. The Balaban J connectivity index is 0.797. The maximum atomic E-state index is 13.7. The topological polar surface area (TPSA) is 187 Å². The number of imide groups is 2. The number of benzene rings is 4. The first kappa shape index (κ1) is 47.8. The highest BCUT2D eigenvalue weighted by atomic mass is 79.9. The summed E-state index contributed by atoms with van der Waals surface area (Å²) in [6.45, 7) is 9.55. The Morgan fingerprint density at radius 2 is 1.54 bits per heavy atom. The van der Waals surface area contributed by atoms with Crippen molar-refractivity contribution in [2.45, 2.75) is 31.7 Å². The molecular formula is C52H55BrN11O6P. The second-order valence-electron chi connectivity index (χ2n) is 19.0. The molecule has 3 saturated heterocycles. The normalized spacial score (nSPS) is 17.9. The SMILES string of the molecule is COc1cc(N2CCC(CN3CCN(c4ccc5c(c4)C(=O)N(C4CCC(=O)NC4=O)C5=O)CC3)CC2)c(-c2cnn(C)c2)cc1Nc1ncc(Br)c(Nc2ccc(-c3ccccc3)cc2P(C)(C)=O)n1. The van der Waals surface area contributed by atoms with Crippen LogP contribution < -0.4 is 35.8 Å². The van der Waals surface area contributed by atoms with E-state index < -0.39 is 36.8 Å². The van der Waals surface area contributed by atoms with E-state index in [0.717, 1.165) is 102 Å². The molecule has 4 aliphatic heterocycles. The van der Waals surface area contributed by atoms with Gasteiger partial charge in [0.2, 0.25) is 17.8 Å². The summed E-state index contributed by atoms with van der Waals surface area (Å²) < 4.78 is 22.1. The molecule has 10 rings (SSSR count). The molecule has 1 atom stereocenters. The standard InChI is InChI=1S/C52H55BrN11O6P/c1-60-31-35(28-55-60)38-26-42(57-52-54-29-40(53)48(59-52)56-41-13-10-34(24-46(41)71(3,4)69)33-8-6-5-7-9-33)45(70-2)27-44(38)63-18-16-32(17-19-63)30-61-20-22-62(23-21-61)36-11-12-37-39(25-36)51(68)64(50(37)67)43-14-15-47(65)58-49(43)66/h5-13,24-29,31-32,43H,14-23,30H2,1-4H3,(H,58,65,66)(H2,54,56,57,59). The molecular weight excluding hydrogens is 986 g/mol. The van der Waals surface area contributed by atoms with Crippen LogP contribution in [0.25, 0.3) is 22.3 Å². The van der Waals surface area contributed by atoms with Crippen LogP contribution in [-0.2, 0) is 21.2 Å². The zero-order valence-corrected chi connectivity index (χ0v) is 42.5. The number of aromatic nitrogens is 4. The van der Waals surface area contributed by atoms with E-state index in [4.69, 9.17) is 9.72 Å². The Morgan fingerprint density at radius 1 is 0.775 bits per heavy atom. The number of carbonyl (C=O) groups excluding carboxylic acids is 4. The predicted octanol–water partition coefficient (Wildman–Crippen LogP) is 7.49. The Labute approximate surface area is 420 Å². The van der Waals surface area contributed by atoms with Crippen LogP contribution in [0.1, 0.15) is 46.4 Å². The second-order valence-corrected chi connectivity index (χ2v) is 23.0. The number of carbonyl (C=O) groups is 4. The number of methoxy groups -OCH3 is 1. The Hall–Kier alpha value is -6.88. The minimum Gasteiger partial charge on any atom is -0.494 e. The third-order valence-electron chi connectivity index (χ3n) is 13.9. The minimum atomic E-state index is -2.72. The number of amides is 4. The van der Waals surface area contributed by atoms with E-state index in [1.165, 1.54) is 0 Å². The monoisotopic (exact) mass is 1040 g/mol. The lowest BCUT2D eigenvalue weighted by atomic mass is 9.94. The van der Waals surface area contributed by atoms with Gasteiger partial charge in [-0.1, -0.05) is 36.4 Å². The summed E-state index contributed by atoms with van der Waals surface area (Å²) in [5.74, 6) is 0.00204. The van der Waals surface area contributed by atoms with Crippen LogP contribution in [0.2, 0.25) is 0 Å². The van der Waals surface area contributed by atoms with Crippen molar-refractivity contribution >= 4 is 86.5 Å². The van der Waals surface area contributed by atoms with E-state index in [0.29, 0.717) is 44.8 Å². The van der Waals surface area contributed by atoms with Gasteiger partial charge in [-0.25, -0.2) is 4.98 Å². The molecule has 366 valence electrons. The molecule has 0 aliphatic carbocycles. The van der Waals surface area contributed by atoms with Gasteiger partial charge in [-0.2, -0.15) is 10.1 Å². The smallest absolute Gasteiger partial charge is 0.262 e. The van der Waals surface area contributed by atoms with Crippen molar-refractivity contribution in [3.8, 4) is 28.0 Å². The van der Waals surface area contributed by atoms with Crippen LogP contribution in [-0.4, -0.2) is 125 Å². The molecule has 2 aromatic heterocycles. The third kappa shape index (κ3) is 9.93. The fraction of sp³-hybridized carbons (Fsp3) is 0.327. The number of hydrogen-bond donors (Lipinski definition) is 3. The first-order valence-electron chi connectivity index (χ1n) is 23.8. The number of fused-ring (bicyclic) bond motifs is 1. The van der Waals surface area contributed by atoms with Gasteiger partial charge in [0.1, 0.15) is 24.8 Å². The molecule has 17 nitrogen and oxygen atoms in total. The zero-order valence-electron chi connectivity index (χ0n) is 40.0. The average molecular weight is 1040 g/mol.